The highest BCUT2D eigenvalue weighted by molar-refractivity contribution is 7.92. The summed E-state index contributed by atoms with van der Waals surface area (Å²) >= 11 is 0. The SMILES string of the molecule is O=c1[nH]c2ccc(NS(=O)(=O)c3ccc(OC4CCCC4)c(F)c3)cc2o1. The lowest BCUT2D eigenvalue weighted by Crippen LogP contribution is -2.15. The van der Waals surface area contributed by atoms with E-state index in [1.165, 1.54) is 30.3 Å². The van der Waals surface area contributed by atoms with Crippen molar-refractivity contribution in [3.63, 3.8) is 0 Å². The van der Waals surface area contributed by atoms with Crippen molar-refractivity contribution in [3.8, 4) is 5.75 Å². The number of halogens is 1. The number of fused-ring (bicyclic) bond motifs is 1. The van der Waals surface area contributed by atoms with Crippen LogP contribution in [0.5, 0.6) is 5.75 Å². The fourth-order valence-electron chi connectivity index (χ4n) is 3.15. The summed E-state index contributed by atoms with van der Waals surface area (Å²) in [7, 11) is -4.02. The van der Waals surface area contributed by atoms with E-state index in [1.54, 1.807) is 0 Å². The molecule has 0 amide bonds. The van der Waals surface area contributed by atoms with Crippen LogP contribution in [-0.2, 0) is 10.0 Å². The minimum Gasteiger partial charge on any atom is -0.487 e. The summed E-state index contributed by atoms with van der Waals surface area (Å²) < 4.78 is 52.2. The van der Waals surface area contributed by atoms with Gasteiger partial charge in [0.25, 0.3) is 10.0 Å². The zero-order valence-corrected chi connectivity index (χ0v) is 15.0. The molecule has 4 rings (SSSR count). The second kappa shape index (κ2) is 6.73. The molecule has 3 aromatic rings. The molecule has 0 spiro atoms. The van der Waals surface area contributed by atoms with Crippen LogP contribution in [0, 0.1) is 5.82 Å². The largest absolute Gasteiger partial charge is 0.487 e. The van der Waals surface area contributed by atoms with E-state index in [2.05, 4.69) is 9.71 Å². The molecule has 7 nitrogen and oxygen atoms in total. The van der Waals surface area contributed by atoms with Crippen LogP contribution >= 0.6 is 0 Å². The molecule has 2 N–H and O–H groups in total. The van der Waals surface area contributed by atoms with Crippen LogP contribution in [0.2, 0.25) is 0 Å². The summed E-state index contributed by atoms with van der Waals surface area (Å²) in [6, 6.07) is 7.91. The third-order valence-corrected chi connectivity index (χ3v) is 5.86. The number of nitrogens with one attached hydrogen (secondary N) is 2. The summed E-state index contributed by atoms with van der Waals surface area (Å²) in [5.41, 5.74) is 0.853. The van der Waals surface area contributed by atoms with Crippen molar-refractivity contribution in [2.75, 3.05) is 4.72 Å². The topological polar surface area (TPSA) is 101 Å². The minimum absolute atomic E-state index is 0.0252. The highest BCUT2D eigenvalue weighted by Gasteiger charge is 2.21. The Labute approximate surface area is 154 Å². The Morgan fingerprint density at radius 3 is 2.67 bits per heavy atom. The molecule has 0 bridgehead atoms. The van der Waals surface area contributed by atoms with Crippen molar-refractivity contribution >= 4 is 26.8 Å². The minimum atomic E-state index is -4.02. The third kappa shape index (κ3) is 3.68. The monoisotopic (exact) mass is 392 g/mol. The Kier molecular flexibility index (Phi) is 4.39. The highest BCUT2D eigenvalue weighted by Crippen LogP contribution is 2.28. The number of hydrogen-bond donors (Lipinski definition) is 2. The maximum atomic E-state index is 14.3. The fourth-order valence-corrected chi connectivity index (χ4v) is 4.21. The number of hydrogen-bond acceptors (Lipinski definition) is 5. The Morgan fingerprint density at radius 1 is 1.15 bits per heavy atom. The van der Waals surface area contributed by atoms with Gasteiger partial charge in [-0.25, -0.2) is 17.6 Å². The number of H-pyrrole nitrogens is 1. The van der Waals surface area contributed by atoms with Crippen LogP contribution in [0.1, 0.15) is 25.7 Å². The maximum absolute atomic E-state index is 14.3. The van der Waals surface area contributed by atoms with E-state index in [4.69, 9.17) is 9.15 Å². The van der Waals surface area contributed by atoms with Crippen LogP contribution in [0.25, 0.3) is 11.1 Å². The molecule has 0 saturated heterocycles. The van der Waals surface area contributed by atoms with E-state index in [1.807, 2.05) is 0 Å². The van der Waals surface area contributed by atoms with E-state index >= 15 is 0 Å². The second-order valence-corrected chi connectivity index (χ2v) is 8.13. The van der Waals surface area contributed by atoms with E-state index in [9.17, 15) is 17.6 Å². The molecular formula is C18H17FN2O5S. The molecule has 1 saturated carbocycles. The predicted molar refractivity (Wildman–Crippen MR) is 96.9 cm³/mol. The molecular weight excluding hydrogens is 375 g/mol. The zero-order chi connectivity index (χ0) is 19.0. The van der Waals surface area contributed by atoms with Crippen molar-refractivity contribution in [1.29, 1.82) is 0 Å². The van der Waals surface area contributed by atoms with Crippen LogP contribution in [0.4, 0.5) is 10.1 Å². The molecule has 0 radical (unpaired) electrons. The van der Waals surface area contributed by atoms with Crippen molar-refractivity contribution in [3.05, 3.63) is 52.8 Å². The van der Waals surface area contributed by atoms with Gasteiger partial charge in [0.15, 0.2) is 17.1 Å². The van der Waals surface area contributed by atoms with Gasteiger partial charge < -0.3 is 9.15 Å². The number of oxazole rings is 1. The average molecular weight is 392 g/mol. The van der Waals surface area contributed by atoms with Crippen molar-refractivity contribution in [2.24, 2.45) is 0 Å². The van der Waals surface area contributed by atoms with E-state index in [-0.39, 0.29) is 28.0 Å². The molecule has 0 unspecified atom stereocenters. The Balaban J connectivity index is 1.56. The Bertz CT molecular complexity index is 1150. The highest BCUT2D eigenvalue weighted by atomic mass is 32.2. The maximum Gasteiger partial charge on any atom is 0.417 e. The van der Waals surface area contributed by atoms with Gasteiger partial charge in [0.1, 0.15) is 0 Å². The van der Waals surface area contributed by atoms with Gasteiger partial charge in [-0.05, 0) is 56.0 Å². The van der Waals surface area contributed by atoms with Crippen LogP contribution in [-0.4, -0.2) is 19.5 Å². The van der Waals surface area contributed by atoms with Crippen LogP contribution in [0.15, 0.2) is 50.5 Å². The number of anilines is 1. The molecule has 1 aliphatic carbocycles. The first-order valence-corrected chi connectivity index (χ1v) is 10.0. The average Bonchev–Trinajstić information content (AvgIpc) is 3.24. The molecule has 0 atom stereocenters. The Morgan fingerprint density at radius 2 is 1.93 bits per heavy atom. The van der Waals surface area contributed by atoms with Gasteiger partial charge in [-0.3, -0.25) is 9.71 Å². The number of aromatic amines is 1. The summed E-state index contributed by atoms with van der Waals surface area (Å²) in [4.78, 5) is 13.4. The van der Waals surface area contributed by atoms with Gasteiger partial charge in [-0.15, -0.1) is 0 Å². The summed E-state index contributed by atoms with van der Waals surface area (Å²) in [6.45, 7) is 0. The van der Waals surface area contributed by atoms with Gasteiger partial charge >= 0.3 is 5.76 Å². The molecule has 9 heteroatoms. The lowest BCUT2D eigenvalue weighted by Gasteiger charge is -2.14. The van der Waals surface area contributed by atoms with Gasteiger partial charge in [0, 0.05) is 6.07 Å². The van der Waals surface area contributed by atoms with Crippen LogP contribution in [0.3, 0.4) is 0 Å². The number of benzene rings is 2. The molecule has 1 aliphatic rings. The van der Waals surface area contributed by atoms with Crippen molar-refractivity contribution in [1.82, 2.24) is 4.98 Å². The second-order valence-electron chi connectivity index (χ2n) is 6.45. The zero-order valence-electron chi connectivity index (χ0n) is 14.2. The first kappa shape index (κ1) is 17.6. The molecule has 1 heterocycles. The normalized spacial score (nSPS) is 15.3. The van der Waals surface area contributed by atoms with Gasteiger partial charge in [0.2, 0.25) is 0 Å². The number of aromatic nitrogens is 1. The first-order chi connectivity index (χ1) is 12.9. The molecule has 142 valence electrons. The smallest absolute Gasteiger partial charge is 0.417 e. The van der Waals surface area contributed by atoms with E-state index in [0.29, 0.717) is 5.52 Å². The molecule has 27 heavy (non-hydrogen) atoms. The number of ether oxygens (including phenoxy) is 1. The molecule has 1 aromatic heterocycles. The van der Waals surface area contributed by atoms with Gasteiger partial charge in [-0.2, -0.15) is 0 Å². The van der Waals surface area contributed by atoms with Gasteiger partial charge in [-0.1, -0.05) is 0 Å². The van der Waals surface area contributed by atoms with E-state index < -0.39 is 21.6 Å². The summed E-state index contributed by atoms with van der Waals surface area (Å²) in [6.07, 6.45) is 3.82. The van der Waals surface area contributed by atoms with Crippen molar-refractivity contribution < 1.29 is 22.0 Å². The van der Waals surface area contributed by atoms with E-state index in [0.717, 1.165) is 31.7 Å². The van der Waals surface area contributed by atoms with Crippen molar-refractivity contribution in [2.45, 2.75) is 36.7 Å². The first-order valence-electron chi connectivity index (χ1n) is 8.53. The van der Waals surface area contributed by atoms with Crippen LogP contribution < -0.4 is 15.2 Å². The summed E-state index contributed by atoms with van der Waals surface area (Å²) in [5, 5.41) is 0. The molecule has 1 fully saturated rings. The lowest BCUT2D eigenvalue weighted by atomic mass is 10.3. The molecule has 2 aromatic carbocycles. The predicted octanol–water partition coefficient (Wildman–Crippen LogP) is 3.38. The standard InChI is InChI=1S/C18H17FN2O5S/c19-14-10-13(6-8-16(14)25-12-3-1-2-4-12)27(23,24)21-11-5-7-15-17(9-11)26-18(22)20-15/h5-10,12,21H,1-4H2,(H,20,22). The number of rotatable bonds is 5. The quantitative estimate of drug-likeness (QED) is 0.693. The third-order valence-electron chi connectivity index (χ3n) is 4.48. The number of sulfonamides is 1. The van der Waals surface area contributed by atoms with Gasteiger partial charge in [0.05, 0.1) is 22.2 Å². The Hall–Kier alpha value is -2.81. The molecule has 0 aliphatic heterocycles. The summed E-state index contributed by atoms with van der Waals surface area (Å²) in [5.74, 6) is -1.31. The lowest BCUT2D eigenvalue weighted by molar-refractivity contribution is 0.200. The fraction of sp³-hybridized carbons (Fsp3) is 0.278.